The number of hydrogen-bond donors (Lipinski definition) is 3. The Kier molecular flexibility index (Phi) is 6.48. The SMILES string of the molecule is Cc1cc(C2NNC3CC4NC(=O)N(C5CCN(CCc6ccccc6)CC5)CC4CC32)ccn1. The molecule has 3 saturated heterocycles. The molecule has 4 heterocycles. The highest BCUT2D eigenvalue weighted by atomic mass is 16.2. The summed E-state index contributed by atoms with van der Waals surface area (Å²) in [7, 11) is 0. The lowest BCUT2D eigenvalue weighted by Gasteiger charge is -2.49. The van der Waals surface area contributed by atoms with E-state index in [1.54, 1.807) is 0 Å². The summed E-state index contributed by atoms with van der Waals surface area (Å²) < 4.78 is 0. The maximum atomic E-state index is 13.1. The van der Waals surface area contributed by atoms with E-state index in [0.717, 1.165) is 64.0 Å². The molecule has 2 amide bonds. The Morgan fingerprint density at radius 3 is 2.66 bits per heavy atom. The number of likely N-dealkylation sites (tertiary alicyclic amines) is 1. The molecule has 35 heavy (non-hydrogen) atoms. The fourth-order valence-corrected chi connectivity index (χ4v) is 6.91. The van der Waals surface area contributed by atoms with Crippen molar-refractivity contribution in [1.29, 1.82) is 0 Å². The number of piperidine rings is 1. The van der Waals surface area contributed by atoms with Gasteiger partial charge in [0.15, 0.2) is 0 Å². The molecular weight excluding hydrogens is 436 g/mol. The maximum Gasteiger partial charge on any atom is 0.317 e. The van der Waals surface area contributed by atoms with E-state index in [1.807, 2.05) is 6.20 Å². The molecule has 0 radical (unpaired) electrons. The number of nitrogens with one attached hydrogen (secondary N) is 3. The first-order valence-electron chi connectivity index (χ1n) is 13.4. The van der Waals surface area contributed by atoms with E-state index in [2.05, 4.69) is 80.3 Å². The lowest BCUT2D eigenvalue weighted by molar-refractivity contribution is 0.0589. The molecule has 2 aromatic rings. The van der Waals surface area contributed by atoms with Crippen molar-refractivity contribution < 1.29 is 4.79 Å². The number of hydrogen-bond acceptors (Lipinski definition) is 5. The molecule has 186 valence electrons. The lowest BCUT2D eigenvalue weighted by Crippen LogP contribution is -2.63. The van der Waals surface area contributed by atoms with Crippen LogP contribution in [0.3, 0.4) is 0 Å². The lowest BCUT2D eigenvalue weighted by atomic mass is 9.71. The zero-order chi connectivity index (χ0) is 23.8. The van der Waals surface area contributed by atoms with Gasteiger partial charge < -0.3 is 15.1 Å². The molecule has 5 atom stereocenters. The summed E-state index contributed by atoms with van der Waals surface area (Å²) in [4.78, 5) is 22.2. The number of hydrazine groups is 1. The van der Waals surface area contributed by atoms with Crippen molar-refractivity contribution in [2.45, 2.75) is 63.2 Å². The number of carbonyl (C=O) groups is 1. The highest BCUT2D eigenvalue weighted by Gasteiger charge is 2.48. The van der Waals surface area contributed by atoms with E-state index < -0.39 is 0 Å². The van der Waals surface area contributed by atoms with Crippen LogP contribution in [0.2, 0.25) is 0 Å². The zero-order valence-corrected chi connectivity index (χ0v) is 20.7. The number of carbonyl (C=O) groups excluding carboxylic acids is 1. The monoisotopic (exact) mass is 474 g/mol. The number of rotatable bonds is 5. The van der Waals surface area contributed by atoms with Crippen molar-refractivity contribution in [1.82, 2.24) is 31.0 Å². The third kappa shape index (κ3) is 4.82. The molecule has 6 rings (SSSR count). The van der Waals surface area contributed by atoms with Crippen molar-refractivity contribution in [3.63, 3.8) is 0 Å². The minimum atomic E-state index is 0.153. The maximum absolute atomic E-state index is 13.1. The Morgan fingerprint density at radius 2 is 1.86 bits per heavy atom. The Labute approximate surface area is 208 Å². The molecule has 4 aliphatic rings. The second-order valence-corrected chi connectivity index (χ2v) is 11.0. The smallest absolute Gasteiger partial charge is 0.317 e. The first-order chi connectivity index (χ1) is 17.1. The topological polar surface area (TPSA) is 72.5 Å². The van der Waals surface area contributed by atoms with Crippen LogP contribution >= 0.6 is 0 Å². The van der Waals surface area contributed by atoms with Crippen LogP contribution in [0.4, 0.5) is 4.79 Å². The first-order valence-corrected chi connectivity index (χ1v) is 13.4. The Bertz CT molecular complexity index is 1020. The van der Waals surface area contributed by atoms with Gasteiger partial charge in [0, 0.05) is 56.2 Å². The predicted molar refractivity (Wildman–Crippen MR) is 137 cm³/mol. The van der Waals surface area contributed by atoms with Gasteiger partial charge >= 0.3 is 6.03 Å². The van der Waals surface area contributed by atoms with Gasteiger partial charge in [0.25, 0.3) is 0 Å². The van der Waals surface area contributed by atoms with Crippen molar-refractivity contribution in [2.75, 3.05) is 26.2 Å². The summed E-state index contributed by atoms with van der Waals surface area (Å²) >= 11 is 0. The molecular formula is C28H38N6O. The standard InChI is InChI=1S/C28H38N6O/c1-19-15-21(7-11-29-19)27-24-16-22-18-34(28(35)30-25(22)17-26(24)31-32-27)23-9-13-33(14-10-23)12-8-20-5-3-2-4-6-20/h2-7,11,15,22-27,31-32H,8-10,12-14,16-18H2,1H3,(H,30,35). The number of pyridine rings is 1. The number of urea groups is 1. The van der Waals surface area contributed by atoms with Crippen LogP contribution in [0.15, 0.2) is 48.7 Å². The van der Waals surface area contributed by atoms with E-state index >= 15 is 0 Å². The van der Waals surface area contributed by atoms with Crippen LogP contribution < -0.4 is 16.2 Å². The van der Waals surface area contributed by atoms with E-state index in [1.165, 1.54) is 11.1 Å². The number of fused-ring (bicyclic) bond motifs is 2. The number of amides is 2. The van der Waals surface area contributed by atoms with Crippen LogP contribution in [0.5, 0.6) is 0 Å². The van der Waals surface area contributed by atoms with Gasteiger partial charge in [-0.3, -0.25) is 10.4 Å². The highest BCUT2D eigenvalue weighted by molar-refractivity contribution is 5.76. The molecule has 0 spiro atoms. The molecule has 4 fully saturated rings. The predicted octanol–water partition coefficient (Wildman–Crippen LogP) is 3.03. The molecule has 1 aliphatic carbocycles. The molecule has 1 saturated carbocycles. The largest absolute Gasteiger partial charge is 0.335 e. The fraction of sp³-hybridized carbons (Fsp3) is 0.571. The van der Waals surface area contributed by atoms with Gasteiger partial charge in [-0.2, -0.15) is 0 Å². The van der Waals surface area contributed by atoms with Gasteiger partial charge in [0.1, 0.15) is 0 Å². The molecule has 3 aliphatic heterocycles. The van der Waals surface area contributed by atoms with Crippen LogP contribution in [0.1, 0.15) is 48.5 Å². The highest BCUT2D eigenvalue weighted by Crippen LogP contribution is 2.42. The van der Waals surface area contributed by atoms with E-state index in [0.29, 0.717) is 30.0 Å². The number of aromatic nitrogens is 1. The summed E-state index contributed by atoms with van der Waals surface area (Å²) in [5.74, 6) is 1.05. The Balaban J connectivity index is 1.06. The summed E-state index contributed by atoms with van der Waals surface area (Å²) in [6, 6.07) is 16.6. The number of aryl methyl sites for hydroxylation is 1. The van der Waals surface area contributed by atoms with Gasteiger partial charge in [0.05, 0.1) is 6.04 Å². The summed E-state index contributed by atoms with van der Waals surface area (Å²) in [6.07, 6.45) is 7.30. The van der Waals surface area contributed by atoms with E-state index in [4.69, 9.17) is 0 Å². The molecule has 1 aromatic heterocycles. The second kappa shape index (κ2) is 9.88. The van der Waals surface area contributed by atoms with Crippen molar-refractivity contribution >= 4 is 6.03 Å². The Morgan fingerprint density at radius 1 is 1.03 bits per heavy atom. The minimum absolute atomic E-state index is 0.153. The third-order valence-electron chi connectivity index (χ3n) is 8.86. The minimum Gasteiger partial charge on any atom is -0.335 e. The van der Waals surface area contributed by atoms with Crippen molar-refractivity contribution in [2.24, 2.45) is 11.8 Å². The number of benzene rings is 1. The van der Waals surface area contributed by atoms with Gasteiger partial charge in [-0.15, -0.1) is 0 Å². The van der Waals surface area contributed by atoms with Gasteiger partial charge in [0.2, 0.25) is 0 Å². The van der Waals surface area contributed by atoms with Crippen LogP contribution in [0.25, 0.3) is 0 Å². The Hall–Kier alpha value is -2.48. The van der Waals surface area contributed by atoms with Crippen molar-refractivity contribution in [3.05, 3.63) is 65.5 Å². The van der Waals surface area contributed by atoms with E-state index in [9.17, 15) is 4.79 Å². The summed E-state index contributed by atoms with van der Waals surface area (Å²) in [5, 5.41) is 3.40. The average molecular weight is 475 g/mol. The second-order valence-electron chi connectivity index (χ2n) is 11.0. The molecule has 7 nitrogen and oxygen atoms in total. The van der Waals surface area contributed by atoms with Crippen LogP contribution in [-0.4, -0.2) is 65.1 Å². The first kappa shape index (κ1) is 23.0. The van der Waals surface area contributed by atoms with Gasteiger partial charge in [-0.1, -0.05) is 30.3 Å². The zero-order valence-electron chi connectivity index (χ0n) is 20.7. The normalized spacial score (nSPS) is 31.6. The number of nitrogens with zero attached hydrogens (tertiary/aromatic N) is 3. The van der Waals surface area contributed by atoms with E-state index in [-0.39, 0.29) is 12.1 Å². The molecule has 0 bridgehead atoms. The molecule has 3 N–H and O–H groups in total. The van der Waals surface area contributed by atoms with Crippen LogP contribution in [-0.2, 0) is 6.42 Å². The summed E-state index contributed by atoms with van der Waals surface area (Å²) in [5.41, 5.74) is 10.9. The van der Waals surface area contributed by atoms with Gasteiger partial charge in [-0.25, -0.2) is 10.2 Å². The van der Waals surface area contributed by atoms with Crippen LogP contribution in [0, 0.1) is 18.8 Å². The quantitative estimate of drug-likeness (QED) is 0.621. The van der Waals surface area contributed by atoms with Crippen molar-refractivity contribution in [3.8, 4) is 0 Å². The molecule has 7 heteroatoms. The average Bonchev–Trinajstić information content (AvgIpc) is 3.29. The molecule has 1 aromatic carbocycles. The third-order valence-corrected chi connectivity index (χ3v) is 8.86. The van der Waals surface area contributed by atoms with Gasteiger partial charge in [-0.05, 0) is 74.1 Å². The molecule has 5 unspecified atom stereocenters. The fourth-order valence-electron chi connectivity index (χ4n) is 6.91. The summed E-state index contributed by atoms with van der Waals surface area (Å²) in [6.45, 7) is 6.22.